The highest BCUT2D eigenvalue weighted by molar-refractivity contribution is 5.96. The van der Waals surface area contributed by atoms with E-state index in [1.54, 1.807) is 0 Å². The third kappa shape index (κ3) is 2.88. The molecule has 2 aliphatic heterocycles. The van der Waals surface area contributed by atoms with Gasteiger partial charge in [-0.05, 0) is 54.8 Å². The number of aromatic amines is 1. The standard InChI is InChI=1S/C26H22N2O3/c1-16-5-4-6-18(13-16)26(29)28-12-11-20-19-7-2-3-8-21(19)27-24(20)25(28)17-9-10-22-23(14-17)31-15-30-22/h2-10,13-14,25,27H,11-12,15H2,1H3/t25-/m1/s1. The summed E-state index contributed by atoms with van der Waals surface area (Å²) in [6.45, 7) is 2.89. The lowest BCUT2D eigenvalue weighted by molar-refractivity contribution is 0.0691. The van der Waals surface area contributed by atoms with Gasteiger partial charge in [0.2, 0.25) is 6.79 Å². The van der Waals surface area contributed by atoms with E-state index < -0.39 is 0 Å². The summed E-state index contributed by atoms with van der Waals surface area (Å²) in [5.74, 6) is 1.51. The first-order valence-corrected chi connectivity index (χ1v) is 10.6. The van der Waals surface area contributed by atoms with Crippen molar-refractivity contribution in [1.82, 2.24) is 9.88 Å². The lowest BCUT2D eigenvalue weighted by atomic mass is 9.91. The molecule has 1 N–H and O–H groups in total. The van der Waals surface area contributed by atoms with Gasteiger partial charge in [-0.3, -0.25) is 4.79 Å². The Labute approximate surface area is 180 Å². The molecule has 0 spiro atoms. The van der Waals surface area contributed by atoms with Crippen LogP contribution in [-0.4, -0.2) is 29.1 Å². The highest BCUT2D eigenvalue weighted by atomic mass is 16.7. The Bertz CT molecular complexity index is 1320. The second-order valence-corrected chi connectivity index (χ2v) is 8.20. The van der Waals surface area contributed by atoms with Crippen LogP contribution in [0.4, 0.5) is 0 Å². The number of carbonyl (C=O) groups is 1. The van der Waals surface area contributed by atoms with E-state index in [0.717, 1.165) is 40.3 Å². The van der Waals surface area contributed by atoms with Gasteiger partial charge >= 0.3 is 0 Å². The molecule has 1 amide bonds. The summed E-state index contributed by atoms with van der Waals surface area (Å²) >= 11 is 0. The third-order valence-electron chi connectivity index (χ3n) is 6.27. The Morgan fingerprint density at radius 1 is 1.00 bits per heavy atom. The van der Waals surface area contributed by atoms with Crippen molar-refractivity contribution < 1.29 is 14.3 Å². The maximum absolute atomic E-state index is 13.7. The van der Waals surface area contributed by atoms with Crippen molar-refractivity contribution in [3.05, 3.63) is 94.7 Å². The van der Waals surface area contributed by atoms with E-state index in [1.165, 1.54) is 10.9 Å². The number of nitrogens with zero attached hydrogens (tertiary/aromatic N) is 1. The zero-order valence-electron chi connectivity index (χ0n) is 17.2. The second-order valence-electron chi connectivity index (χ2n) is 8.20. The fourth-order valence-corrected chi connectivity index (χ4v) is 4.83. The van der Waals surface area contributed by atoms with Gasteiger partial charge in [0.15, 0.2) is 11.5 Å². The Morgan fingerprint density at radius 2 is 1.87 bits per heavy atom. The van der Waals surface area contributed by atoms with Crippen LogP contribution in [0, 0.1) is 6.92 Å². The molecule has 0 aliphatic carbocycles. The van der Waals surface area contributed by atoms with E-state index in [4.69, 9.17) is 9.47 Å². The van der Waals surface area contributed by atoms with Crippen molar-refractivity contribution in [2.45, 2.75) is 19.4 Å². The quantitative estimate of drug-likeness (QED) is 0.506. The summed E-state index contributed by atoms with van der Waals surface area (Å²) < 4.78 is 11.1. The monoisotopic (exact) mass is 410 g/mol. The van der Waals surface area contributed by atoms with Crippen LogP contribution in [0.2, 0.25) is 0 Å². The maximum Gasteiger partial charge on any atom is 0.254 e. The summed E-state index contributed by atoms with van der Waals surface area (Å²) in [4.78, 5) is 19.2. The minimum Gasteiger partial charge on any atom is -0.454 e. The Balaban J connectivity index is 1.52. The topological polar surface area (TPSA) is 54.6 Å². The van der Waals surface area contributed by atoms with Crippen LogP contribution < -0.4 is 9.47 Å². The summed E-state index contributed by atoms with van der Waals surface area (Å²) in [6, 6.07) is 21.9. The van der Waals surface area contributed by atoms with Crippen LogP contribution in [0.5, 0.6) is 11.5 Å². The number of aryl methyl sites for hydroxylation is 1. The molecule has 154 valence electrons. The summed E-state index contributed by atoms with van der Waals surface area (Å²) in [6.07, 6.45) is 0.817. The highest BCUT2D eigenvalue weighted by Gasteiger charge is 2.35. The van der Waals surface area contributed by atoms with Crippen LogP contribution in [-0.2, 0) is 6.42 Å². The summed E-state index contributed by atoms with van der Waals surface area (Å²) in [5, 5.41) is 1.23. The number of carbonyl (C=O) groups excluding carboxylic acids is 1. The average molecular weight is 410 g/mol. The average Bonchev–Trinajstić information content (AvgIpc) is 3.41. The summed E-state index contributed by atoms with van der Waals surface area (Å²) in [7, 11) is 0. The Hall–Kier alpha value is -3.73. The zero-order chi connectivity index (χ0) is 20.9. The lowest BCUT2D eigenvalue weighted by Crippen LogP contribution is -2.40. The van der Waals surface area contributed by atoms with Crippen molar-refractivity contribution in [2.75, 3.05) is 13.3 Å². The van der Waals surface area contributed by atoms with Crippen molar-refractivity contribution in [3.8, 4) is 11.5 Å². The first kappa shape index (κ1) is 18.1. The molecule has 0 radical (unpaired) electrons. The minimum absolute atomic E-state index is 0.0377. The van der Waals surface area contributed by atoms with Gasteiger partial charge in [-0.1, -0.05) is 42.0 Å². The molecule has 0 saturated heterocycles. The molecule has 6 rings (SSSR count). The van der Waals surface area contributed by atoms with Crippen LogP contribution in [0.1, 0.15) is 38.8 Å². The van der Waals surface area contributed by atoms with E-state index >= 15 is 0 Å². The number of rotatable bonds is 2. The van der Waals surface area contributed by atoms with Gasteiger partial charge in [-0.25, -0.2) is 0 Å². The van der Waals surface area contributed by atoms with Gasteiger partial charge in [0.1, 0.15) is 0 Å². The fourth-order valence-electron chi connectivity index (χ4n) is 4.83. The van der Waals surface area contributed by atoms with E-state index in [1.807, 2.05) is 60.4 Å². The van der Waals surface area contributed by atoms with Gasteiger partial charge in [-0.15, -0.1) is 0 Å². The molecule has 1 atom stereocenters. The van der Waals surface area contributed by atoms with Gasteiger partial charge in [0.25, 0.3) is 5.91 Å². The first-order chi connectivity index (χ1) is 15.2. The number of para-hydroxylation sites is 1. The molecule has 3 heterocycles. The molecule has 0 bridgehead atoms. The number of amides is 1. The van der Waals surface area contributed by atoms with Crippen LogP contribution in [0.15, 0.2) is 66.7 Å². The van der Waals surface area contributed by atoms with Crippen molar-refractivity contribution in [3.63, 3.8) is 0 Å². The molecule has 0 saturated carbocycles. The number of benzene rings is 3. The number of H-pyrrole nitrogens is 1. The lowest BCUT2D eigenvalue weighted by Gasteiger charge is -2.36. The van der Waals surface area contributed by atoms with Gasteiger partial charge in [-0.2, -0.15) is 0 Å². The molecule has 5 heteroatoms. The minimum atomic E-state index is -0.223. The Morgan fingerprint density at radius 3 is 2.77 bits per heavy atom. The maximum atomic E-state index is 13.7. The van der Waals surface area contributed by atoms with E-state index in [9.17, 15) is 4.79 Å². The molecule has 0 unspecified atom stereocenters. The molecular formula is C26H22N2O3. The second kappa shape index (κ2) is 6.91. The zero-order valence-corrected chi connectivity index (χ0v) is 17.2. The molecule has 2 aliphatic rings. The predicted octanol–water partition coefficient (Wildman–Crippen LogP) is 4.99. The van der Waals surface area contributed by atoms with Crippen molar-refractivity contribution >= 4 is 16.8 Å². The van der Waals surface area contributed by atoms with E-state index in [0.29, 0.717) is 12.1 Å². The summed E-state index contributed by atoms with van der Waals surface area (Å²) in [5.41, 5.74) is 6.26. The number of fused-ring (bicyclic) bond motifs is 4. The molecule has 31 heavy (non-hydrogen) atoms. The van der Waals surface area contributed by atoms with E-state index in [-0.39, 0.29) is 18.7 Å². The van der Waals surface area contributed by atoms with Crippen molar-refractivity contribution in [1.29, 1.82) is 0 Å². The molecule has 4 aromatic rings. The number of hydrogen-bond donors (Lipinski definition) is 1. The predicted molar refractivity (Wildman–Crippen MR) is 119 cm³/mol. The van der Waals surface area contributed by atoms with Crippen LogP contribution in [0.25, 0.3) is 10.9 Å². The molecule has 0 fully saturated rings. The van der Waals surface area contributed by atoms with Gasteiger partial charge < -0.3 is 19.4 Å². The third-order valence-corrected chi connectivity index (χ3v) is 6.27. The largest absolute Gasteiger partial charge is 0.454 e. The smallest absolute Gasteiger partial charge is 0.254 e. The SMILES string of the molecule is Cc1cccc(C(=O)N2CCc3c([nH]c4ccccc34)[C@H]2c2ccc3c(c2)OCO3)c1. The van der Waals surface area contributed by atoms with Gasteiger partial charge in [0, 0.05) is 28.7 Å². The molecule has 5 nitrogen and oxygen atoms in total. The number of ether oxygens (including phenoxy) is 2. The normalized spacial score (nSPS) is 17.1. The molecular weight excluding hydrogens is 388 g/mol. The molecule has 1 aromatic heterocycles. The number of aromatic nitrogens is 1. The van der Waals surface area contributed by atoms with E-state index in [2.05, 4.69) is 23.2 Å². The fraction of sp³-hybridized carbons (Fsp3) is 0.192. The first-order valence-electron chi connectivity index (χ1n) is 10.6. The van der Waals surface area contributed by atoms with Gasteiger partial charge in [0.05, 0.1) is 6.04 Å². The van der Waals surface area contributed by atoms with Crippen molar-refractivity contribution in [2.24, 2.45) is 0 Å². The Kier molecular flexibility index (Phi) is 4.03. The van der Waals surface area contributed by atoms with Crippen LogP contribution >= 0.6 is 0 Å². The molecule has 3 aromatic carbocycles. The van der Waals surface area contributed by atoms with Crippen LogP contribution in [0.3, 0.4) is 0 Å². The highest BCUT2D eigenvalue weighted by Crippen LogP contribution is 2.42. The number of nitrogens with one attached hydrogen (secondary N) is 1. The number of hydrogen-bond acceptors (Lipinski definition) is 3.